The summed E-state index contributed by atoms with van der Waals surface area (Å²) in [5.41, 5.74) is 1.94. The Morgan fingerprint density at radius 1 is 1.13 bits per heavy atom. The fraction of sp³-hybridized carbons (Fsp3) is 0.545. The Bertz CT molecular complexity index is 1040. The number of amides is 1. The fourth-order valence-electron chi connectivity index (χ4n) is 5.24. The number of fused-ring (bicyclic) bond motifs is 4. The van der Waals surface area contributed by atoms with Crippen molar-refractivity contribution in [3.63, 3.8) is 0 Å². The minimum absolute atomic E-state index is 0.0205. The van der Waals surface area contributed by atoms with Crippen molar-refractivity contribution < 1.29 is 9.53 Å². The quantitative estimate of drug-likeness (QED) is 0.768. The molecule has 2 aromatic heterocycles. The van der Waals surface area contributed by atoms with E-state index in [4.69, 9.17) is 4.74 Å². The molecule has 2 saturated heterocycles. The van der Waals surface area contributed by atoms with Gasteiger partial charge in [-0.15, -0.1) is 0 Å². The Morgan fingerprint density at radius 2 is 1.94 bits per heavy atom. The molecule has 0 aromatic carbocycles. The van der Waals surface area contributed by atoms with Crippen molar-refractivity contribution in [3.05, 3.63) is 46.1 Å². The molecule has 3 aliphatic rings. The van der Waals surface area contributed by atoms with Crippen molar-refractivity contribution in [1.29, 1.82) is 0 Å². The lowest BCUT2D eigenvalue weighted by atomic mass is 9.83. The Hall–Kier alpha value is -2.94. The molecule has 164 valence electrons. The fourth-order valence-corrected chi connectivity index (χ4v) is 5.24. The Labute approximate surface area is 181 Å². The highest BCUT2D eigenvalue weighted by Crippen LogP contribution is 2.36. The van der Waals surface area contributed by atoms with Crippen molar-refractivity contribution >= 4 is 11.9 Å². The van der Waals surface area contributed by atoms with E-state index in [0.29, 0.717) is 37.3 Å². The molecule has 31 heavy (non-hydrogen) atoms. The van der Waals surface area contributed by atoms with Gasteiger partial charge in [0, 0.05) is 55.9 Å². The molecule has 9 heteroatoms. The molecule has 2 bridgehead atoms. The number of carbonyl (C=O) groups is 1. The van der Waals surface area contributed by atoms with E-state index in [1.54, 1.807) is 19.5 Å². The average Bonchev–Trinajstić information content (AvgIpc) is 2.75. The van der Waals surface area contributed by atoms with Crippen LogP contribution < -0.4 is 20.5 Å². The van der Waals surface area contributed by atoms with Crippen LogP contribution in [0.5, 0.6) is 5.75 Å². The molecule has 3 atom stereocenters. The first-order valence-corrected chi connectivity index (χ1v) is 10.9. The van der Waals surface area contributed by atoms with E-state index in [1.807, 2.05) is 17.6 Å². The number of pyridine rings is 1. The van der Waals surface area contributed by atoms with Crippen LogP contribution in [0.2, 0.25) is 0 Å². The predicted molar refractivity (Wildman–Crippen MR) is 115 cm³/mol. The molecule has 9 nitrogen and oxygen atoms in total. The highest BCUT2D eigenvalue weighted by Gasteiger charge is 2.36. The molecule has 0 unspecified atom stereocenters. The Balaban J connectivity index is 1.36. The van der Waals surface area contributed by atoms with E-state index in [1.165, 1.54) is 0 Å². The van der Waals surface area contributed by atoms with Crippen LogP contribution in [-0.4, -0.2) is 64.7 Å². The SMILES string of the molecule is COc1cnc(N2C[C@@H]3C[C@H](C2)c2ccc(CN4CC(=O)N[C@@H](C)C4)c(=O)n2C3)nc1. The number of piperazine rings is 1. The Kier molecular flexibility index (Phi) is 5.13. The predicted octanol–water partition coefficient (Wildman–Crippen LogP) is 0.591. The van der Waals surface area contributed by atoms with Gasteiger partial charge in [-0.25, -0.2) is 9.97 Å². The number of aromatic nitrogens is 3. The van der Waals surface area contributed by atoms with Gasteiger partial charge in [-0.05, 0) is 25.3 Å². The van der Waals surface area contributed by atoms with Gasteiger partial charge in [0.25, 0.3) is 5.56 Å². The van der Waals surface area contributed by atoms with Crippen LogP contribution in [0.15, 0.2) is 29.3 Å². The lowest BCUT2D eigenvalue weighted by Crippen LogP contribution is -2.53. The highest BCUT2D eigenvalue weighted by molar-refractivity contribution is 5.79. The summed E-state index contributed by atoms with van der Waals surface area (Å²) in [5.74, 6) is 2.03. The summed E-state index contributed by atoms with van der Waals surface area (Å²) in [6.45, 7) is 5.94. The molecule has 3 aliphatic heterocycles. The van der Waals surface area contributed by atoms with E-state index < -0.39 is 0 Å². The summed E-state index contributed by atoms with van der Waals surface area (Å²) in [4.78, 5) is 38.3. The van der Waals surface area contributed by atoms with E-state index in [9.17, 15) is 9.59 Å². The van der Waals surface area contributed by atoms with Gasteiger partial charge in [0.2, 0.25) is 11.9 Å². The summed E-state index contributed by atoms with van der Waals surface area (Å²) in [7, 11) is 1.60. The number of methoxy groups -OCH3 is 1. The van der Waals surface area contributed by atoms with Crippen molar-refractivity contribution in [2.75, 3.05) is 38.2 Å². The normalized spacial score (nSPS) is 25.7. The van der Waals surface area contributed by atoms with Crippen molar-refractivity contribution in [1.82, 2.24) is 24.8 Å². The second kappa shape index (κ2) is 7.96. The van der Waals surface area contributed by atoms with Crippen LogP contribution in [0, 0.1) is 5.92 Å². The molecular weight excluding hydrogens is 396 g/mol. The van der Waals surface area contributed by atoms with E-state index in [0.717, 1.165) is 37.3 Å². The van der Waals surface area contributed by atoms with Gasteiger partial charge in [0.05, 0.1) is 26.0 Å². The van der Waals surface area contributed by atoms with Gasteiger partial charge < -0.3 is 19.5 Å². The van der Waals surface area contributed by atoms with Crippen LogP contribution in [-0.2, 0) is 17.9 Å². The molecule has 0 spiro atoms. The number of hydrogen-bond acceptors (Lipinski definition) is 7. The van der Waals surface area contributed by atoms with E-state index in [2.05, 4.69) is 31.2 Å². The number of nitrogens with one attached hydrogen (secondary N) is 1. The highest BCUT2D eigenvalue weighted by atomic mass is 16.5. The Morgan fingerprint density at radius 3 is 2.68 bits per heavy atom. The maximum absolute atomic E-state index is 13.3. The van der Waals surface area contributed by atoms with Crippen molar-refractivity contribution in [2.24, 2.45) is 5.92 Å². The molecule has 2 aromatic rings. The number of hydrogen-bond donors (Lipinski definition) is 1. The number of anilines is 1. The molecule has 0 aliphatic carbocycles. The lowest BCUT2D eigenvalue weighted by Gasteiger charge is -2.43. The van der Waals surface area contributed by atoms with Crippen LogP contribution in [0.25, 0.3) is 0 Å². The van der Waals surface area contributed by atoms with Crippen molar-refractivity contribution in [2.45, 2.75) is 38.4 Å². The molecule has 2 fully saturated rings. The van der Waals surface area contributed by atoms with Gasteiger partial charge >= 0.3 is 0 Å². The first kappa shape index (κ1) is 20.0. The molecular formula is C22H28N6O3. The first-order valence-electron chi connectivity index (χ1n) is 10.9. The minimum atomic E-state index is 0.0205. The number of ether oxygens (including phenoxy) is 1. The standard InChI is InChI=1S/C22H28N6O3/c1-14-8-26(13-20(29)25-14)11-16-3-4-19-17-5-15(10-28(19)21(16)30)9-27(12-17)22-23-6-18(31-2)7-24-22/h3-4,6-7,14-15,17H,5,8-13H2,1-2H3,(H,25,29)/t14-,15-,17+/m0/s1. The van der Waals surface area contributed by atoms with Gasteiger partial charge in [-0.2, -0.15) is 0 Å². The summed E-state index contributed by atoms with van der Waals surface area (Å²) in [5, 5.41) is 2.92. The average molecular weight is 425 g/mol. The zero-order chi connectivity index (χ0) is 21.5. The summed E-state index contributed by atoms with van der Waals surface area (Å²) < 4.78 is 7.13. The summed E-state index contributed by atoms with van der Waals surface area (Å²) >= 11 is 0. The van der Waals surface area contributed by atoms with Crippen molar-refractivity contribution in [3.8, 4) is 5.75 Å². The molecule has 1 amide bonds. The monoisotopic (exact) mass is 424 g/mol. The molecule has 0 saturated carbocycles. The first-order chi connectivity index (χ1) is 15.0. The molecule has 0 radical (unpaired) electrons. The number of rotatable bonds is 4. The second-order valence-electron chi connectivity index (χ2n) is 8.96. The summed E-state index contributed by atoms with van der Waals surface area (Å²) in [6, 6.07) is 4.16. The van der Waals surface area contributed by atoms with Gasteiger partial charge in [0.1, 0.15) is 0 Å². The van der Waals surface area contributed by atoms with Gasteiger partial charge in [-0.3, -0.25) is 14.5 Å². The second-order valence-corrected chi connectivity index (χ2v) is 8.96. The third kappa shape index (κ3) is 3.89. The van der Waals surface area contributed by atoms with E-state index in [-0.39, 0.29) is 23.4 Å². The minimum Gasteiger partial charge on any atom is -0.494 e. The van der Waals surface area contributed by atoms with Crippen LogP contribution in [0.1, 0.15) is 30.5 Å². The molecule has 5 heterocycles. The smallest absolute Gasteiger partial charge is 0.255 e. The third-order valence-corrected chi connectivity index (χ3v) is 6.52. The topological polar surface area (TPSA) is 92.6 Å². The lowest BCUT2D eigenvalue weighted by molar-refractivity contribution is -0.125. The molecule has 1 N–H and O–H groups in total. The largest absolute Gasteiger partial charge is 0.494 e. The summed E-state index contributed by atoms with van der Waals surface area (Å²) in [6.07, 6.45) is 4.47. The van der Waals surface area contributed by atoms with Crippen LogP contribution >= 0.6 is 0 Å². The van der Waals surface area contributed by atoms with Crippen LogP contribution in [0.4, 0.5) is 5.95 Å². The van der Waals surface area contributed by atoms with Crippen LogP contribution in [0.3, 0.4) is 0 Å². The van der Waals surface area contributed by atoms with E-state index >= 15 is 0 Å². The zero-order valence-electron chi connectivity index (χ0n) is 18.0. The maximum Gasteiger partial charge on any atom is 0.255 e. The van der Waals surface area contributed by atoms with Gasteiger partial charge in [0.15, 0.2) is 5.75 Å². The third-order valence-electron chi connectivity index (χ3n) is 6.52. The number of nitrogens with zero attached hydrogens (tertiary/aromatic N) is 5. The van der Waals surface area contributed by atoms with Gasteiger partial charge in [-0.1, -0.05) is 6.07 Å². The number of carbonyl (C=O) groups excluding carboxylic acids is 1. The zero-order valence-corrected chi connectivity index (χ0v) is 18.0. The maximum atomic E-state index is 13.3. The molecule has 5 rings (SSSR count). The number of piperidine rings is 1.